The van der Waals surface area contributed by atoms with E-state index in [4.69, 9.17) is 5.53 Å². The lowest BCUT2D eigenvalue weighted by Crippen LogP contribution is -2.25. The van der Waals surface area contributed by atoms with E-state index in [1.54, 1.807) is 0 Å². The largest absolute Gasteiger partial charge is 0.259 e. The first-order valence-corrected chi connectivity index (χ1v) is 6.50. The third kappa shape index (κ3) is 3.68. The van der Waals surface area contributed by atoms with Gasteiger partial charge in [0.05, 0.1) is 0 Å². The van der Waals surface area contributed by atoms with E-state index in [2.05, 4.69) is 16.9 Å². The highest BCUT2D eigenvalue weighted by Crippen LogP contribution is 2.26. The van der Waals surface area contributed by atoms with E-state index in [9.17, 15) is 4.21 Å². The van der Waals surface area contributed by atoms with E-state index in [-0.39, 0.29) is 0 Å². The quantitative estimate of drug-likeness (QED) is 0.404. The van der Waals surface area contributed by atoms with Gasteiger partial charge >= 0.3 is 0 Å². The molecule has 1 saturated carbocycles. The zero-order valence-electron chi connectivity index (χ0n) is 8.56. The van der Waals surface area contributed by atoms with E-state index in [1.165, 1.54) is 12.8 Å². The highest BCUT2D eigenvalue weighted by Gasteiger charge is 2.23. The van der Waals surface area contributed by atoms with Crippen LogP contribution in [-0.2, 0) is 10.8 Å². The molecule has 1 rings (SSSR count). The molecule has 0 aromatic rings. The maximum Gasteiger partial charge on any atom is 0.0373 e. The third-order valence-corrected chi connectivity index (χ3v) is 4.47. The predicted molar refractivity (Wildman–Crippen MR) is 58.4 cm³/mol. The number of hydrogen-bond acceptors (Lipinski definition) is 2. The highest BCUT2D eigenvalue weighted by atomic mass is 32.2. The van der Waals surface area contributed by atoms with Crippen molar-refractivity contribution in [3.05, 3.63) is 10.4 Å². The van der Waals surface area contributed by atoms with E-state index in [0.29, 0.717) is 23.5 Å². The molecule has 0 saturated heterocycles. The van der Waals surface area contributed by atoms with Gasteiger partial charge in [0, 0.05) is 33.3 Å². The van der Waals surface area contributed by atoms with E-state index in [0.717, 1.165) is 12.8 Å². The van der Waals surface area contributed by atoms with Crippen LogP contribution in [0.15, 0.2) is 5.11 Å². The molecule has 0 aliphatic heterocycles. The minimum absolute atomic E-state index is 0.340. The standard InChI is InChI=1S/C9H17N3OS/c1-8-3-2-4-9(7-8)14(13)6-5-11-12-10/h8-9H,2-7H2,1H3. The second-order valence-electron chi connectivity index (χ2n) is 3.93. The van der Waals surface area contributed by atoms with Gasteiger partial charge in [0.1, 0.15) is 0 Å². The Bertz CT molecular complexity index is 250. The molecule has 3 unspecified atom stereocenters. The summed E-state index contributed by atoms with van der Waals surface area (Å²) in [6.07, 6.45) is 4.61. The average Bonchev–Trinajstić information content (AvgIpc) is 2.18. The van der Waals surface area contributed by atoms with Crippen LogP contribution in [-0.4, -0.2) is 21.8 Å². The van der Waals surface area contributed by atoms with Crippen molar-refractivity contribution in [3.8, 4) is 0 Å². The predicted octanol–water partition coefficient (Wildman–Crippen LogP) is 2.62. The van der Waals surface area contributed by atoms with Gasteiger partial charge in [0.25, 0.3) is 0 Å². The molecular weight excluding hydrogens is 198 g/mol. The first-order valence-electron chi connectivity index (χ1n) is 5.12. The maximum absolute atomic E-state index is 11.7. The van der Waals surface area contributed by atoms with Gasteiger partial charge in [-0.2, -0.15) is 0 Å². The molecule has 1 aliphatic carbocycles. The van der Waals surface area contributed by atoms with Crippen LogP contribution in [0.5, 0.6) is 0 Å². The summed E-state index contributed by atoms with van der Waals surface area (Å²) in [5.41, 5.74) is 8.09. The number of azide groups is 1. The Hall–Kier alpha value is -0.540. The Balaban J connectivity index is 2.32. The van der Waals surface area contributed by atoms with E-state index < -0.39 is 10.8 Å². The fourth-order valence-corrected chi connectivity index (χ4v) is 3.53. The zero-order valence-corrected chi connectivity index (χ0v) is 9.37. The normalized spacial score (nSPS) is 29.2. The Morgan fingerprint density at radius 1 is 1.57 bits per heavy atom. The lowest BCUT2D eigenvalue weighted by molar-refractivity contribution is 0.389. The molecule has 0 aromatic carbocycles. The molecule has 5 heteroatoms. The molecule has 3 atom stereocenters. The Morgan fingerprint density at radius 2 is 2.36 bits per heavy atom. The number of nitrogens with zero attached hydrogens (tertiary/aromatic N) is 3. The molecule has 0 amide bonds. The van der Waals surface area contributed by atoms with Crippen molar-refractivity contribution in [2.24, 2.45) is 11.0 Å². The van der Waals surface area contributed by atoms with Gasteiger partial charge in [-0.05, 0) is 24.3 Å². The molecule has 1 aliphatic rings. The molecule has 0 heterocycles. The van der Waals surface area contributed by atoms with Crippen LogP contribution in [0.2, 0.25) is 0 Å². The topological polar surface area (TPSA) is 65.8 Å². The first kappa shape index (κ1) is 11.5. The number of hydrogen-bond donors (Lipinski definition) is 0. The van der Waals surface area contributed by atoms with Gasteiger partial charge in [-0.25, -0.2) is 0 Å². The number of rotatable bonds is 4. The summed E-state index contributed by atoms with van der Waals surface area (Å²) in [7, 11) is -0.794. The summed E-state index contributed by atoms with van der Waals surface area (Å²) in [5, 5.41) is 3.75. The SMILES string of the molecule is CC1CCCC(S(=O)CCN=[N+]=[N-])C1. The van der Waals surface area contributed by atoms with Crippen molar-refractivity contribution in [1.82, 2.24) is 0 Å². The summed E-state index contributed by atoms with van der Waals surface area (Å²) in [6, 6.07) is 0. The van der Waals surface area contributed by atoms with Gasteiger partial charge in [-0.1, -0.05) is 24.9 Å². The van der Waals surface area contributed by atoms with Gasteiger partial charge in [0.15, 0.2) is 0 Å². The zero-order chi connectivity index (χ0) is 10.4. The van der Waals surface area contributed by atoms with Crippen LogP contribution in [0.3, 0.4) is 0 Å². The minimum Gasteiger partial charge on any atom is -0.259 e. The van der Waals surface area contributed by atoms with Crippen molar-refractivity contribution in [2.45, 2.75) is 37.9 Å². The molecule has 0 bridgehead atoms. The summed E-state index contributed by atoms with van der Waals surface area (Å²) >= 11 is 0. The molecule has 1 fully saturated rings. The van der Waals surface area contributed by atoms with Gasteiger partial charge in [-0.15, -0.1) is 0 Å². The van der Waals surface area contributed by atoms with Crippen LogP contribution < -0.4 is 0 Å². The molecule has 0 aromatic heterocycles. The van der Waals surface area contributed by atoms with Crippen LogP contribution in [0, 0.1) is 5.92 Å². The van der Waals surface area contributed by atoms with Gasteiger partial charge in [0.2, 0.25) is 0 Å². The molecular formula is C9H17N3OS. The van der Waals surface area contributed by atoms with Crippen molar-refractivity contribution < 1.29 is 4.21 Å². The van der Waals surface area contributed by atoms with Gasteiger partial charge in [-0.3, -0.25) is 4.21 Å². The smallest absolute Gasteiger partial charge is 0.0373 e. The Morgan fingerprint density at radius 3 is 3.00 bits per heavy atom. The minimum atomic E-state index is -0.794. The maximum atomic E-state index is 11.7. The van der Waals surface area contributed by atoms with E-state index in [1.807, 2.05) is 0 Å². The van der Waals surface area contributed by atoms with Crippen LogP contribution >= 0.6 is 0 Å². The average molecular weight is 215 g/mol. The Kier molecular flexibility index (Phi) is 4.98. The molecule has 14 heavy (non-hydrogen) atoms. The third-order valence-electron chi connectivity index (χ3n) is 2.72. The van der Waals surface area contributed by atoms with Crippen molar-refractivity contribution in [3.63, 3.8) is 0 Å². The first-order chi connectivity index (χ1) is 6.74. The molecule has 80 valence electrons. The summed E-state index contributed by atoms with van der Waals surface area (Å²) in [4.78, 5) is 2.66. The summed E-state index contributed by atoms with van der Waals surface area (Å²) < 4.78 is 11.7. The lowest BCUT2D eigenvalue weighted by Gasteiger charge is -2.25. The fraction of sp³-hybridized carbons (Fsp3) is 1.00. The highest BCUT2D eigenvalue weighted by molar-refractivity contribution is 7.85. The van der Waals surface area contributed by atoms with E-state index >= 15 is 0 Å². The van der Waals surface area contributed by atoms with Crippen LogP contribution in [0.1, 0.15) is 32.6 Å². The molecule has 0 spiro atoms. The summed E-state index contributed by atoms with van der Waals surface area (Å²) in [6.45, 7) is 2.59. The molecule has 0 N–H and O–H groups in total. The fourth-order valence-electron chi connectivity index (χ4n) is 1.96. The van der Waals surface area contributed by atoms with Gasteiger partial charge < -0.3 is 0 Å². The Labute approximate surface area is 87.2 Å². The monoisotopic (exact) mass is 215 g/mol. The van der Waals surface area contributed by atoms with Crippen LogP contribution in [0.25, 0.3) is 10.4 Å². The van der Waals surface area contributed by atoms with Crippen molar-refractivity contribution in [1.29, 1.82) is 0 Å². The second-order valence-corrected chi connectivity index (χ2v) is 5.77. The second kappa shape index (κ2) is 6.04. The van der Waals surface area contributed by atoms with Crippen LogP contribution in [0.4, 0.5) is 0 Å². The molecule has 0 radical (unpaired) electrons. The lowest BCUT2D eigenvalue weighted by atomic mass is 9.91. The van der Waals surface area contributed by atoms with Crippen molar-refractivity contribution >= 4 is 10.8 Å². The summed E-state index contributed by atoms with van der Waals surface area (Å²) in [5.74, 6) is 1.23. The molecule has 4 nitrogen and oxygen atoms in total. The van der Waals surface area contributed by atoms with Crippen molar-refractivity contribution in [2.75, 3.05) is 12.3 Å².